The highest BCUT2D eigenvalue weighted by molar-refractivity contribution is 6.31. The van der Waals surface area contributed by atoms with Crippen LogP contribution in [0.25, 0.3) is 0 Å². The van der Waals surface area contributed by atoms with Gasteiger partial charge in [0.15, 0.2) is 5.69 Å². The van der Waals surface area contributed by atoms with E-state index < -0.39 is 17.4 Å². The average Bonchev–Trinajstić information content (AvgIpc) is 3.05. The molecule has 1 aromatic carbocycles. The molecule has 1 aliphatic carbocycles. The highest BCUT2D eigenvalue weighted by Crippen LogP contribution is 2.32. The molecule has 1 fully saturated rings. The molecular weight excluding hydrogens is 444 g/mol. The molecule has 0 spiro atoms. The number of esters is 1. The van der Waals surface area contributed by atoms with Gasteiger partial charge < -0.3 is 19.5 Å². The molecule has 1 atom stereocenters. The van der Waals surface area contributed by atoms with Gasteiger partial charge in [-0.15, -0.1) is 0 Å². The van der Waals surface area contributed by atoms with Gasteiger partial charge in [-0.1, -0.05) is 55.5 Å². The van der Waals surface area contributed by atoms with Gasteiger partial charge in [-0.2, -0.15) is 0 Å². The Labute approximate surface area is 198 Å². The van der Waals surface area contributed by atoms with Crippen LogP contribution < -0.4 is 5.32 Å². The fourth-order valence-corrected chi connectivity index (χ4v) is 4.94. The Kier molecular flexibility index (Phi) is 6.74. The Morgan fingerprint density at radius 3 is 2.58 bits per heavy atom. The summed E-state index contributed by atoms with van der Waals surface area (Å²) >= 11 is 6.39. The van der Waals surface area contributed by atoms with Gasteiger partial charge in [0.05, 0.1) is 20.0 Å². The van der Waals surface area contributed by atoms with E-state index >= 15 is 0 Å². The Hall–Kier alpha value is -2.87. The van der Waals surface area contributed by atoms with Crippen LogP contribution >= 0.6 is 11.6 Å². The summed E-state index contributed by atoms with van der Waals surface area (Å²) in [6.45, 7) is 2.05. The van der Waals surface area contributed by atoms with Crippen LogP contribution in [0.2, 0.25) is 5.02 Å². The maximum atomic E-state index is 13.7. The highest BCUT2D eigenvalue weighted by Gasteiger charge is 2.49. The highest BCUT2D eigenvalue weighted by atomic mass is 35.5. The second-order valence-corrected chi connectivity index (χ2v) is 9.39. The van der Waals surface area contributed by atoms with Gasteiger partial charge in [-0.25, -0.2) is 9.78 Å². The minimum atomic E-state index is -1.19. The summed E-state index contributed by atoms with van der Waals surface area (Å²) in [5.41, 5.74) is -0.413. The largest absolute Gasteiger partial charge is 0.464 e. The zero-order chi connectivity index (χ0) is 23.6. The summed E-state index contributed by atoms with van der Waals surface area (Å²) in [5.74, 6) is -1.37. The third kappa shape index (κ3) is 4.49. The zero-order valence-electron chi connectivity index (χ0n) is 19.0. The summed E-state index contributed by atoms with van der Waals surface area (Å²) < 4.78 is 6.38. The number of hydrogen-bond acceptors (Lipinski definition) is 5. The number of amides is 2. The van der Waals surface area contributed by atoms with E-state index in [2.05, 4.69) is 10.3 Å². The lowest BCUT2D eigenvalue weighted by Crippen LogP contribution is -2.64. The van der Waals surface area contributed by atoms with Crippen molar-refractivity contribution in [2.24, 2.45) is 0 Å². The lowest BCUT2D eigenvalue weighted by molar-refractivity contribution is -0.134. The van der Waals surface area contributed by atoms with E-state index in [4.69, 9.17) is 16.3 Å². The molecule has 1 saturated carbocycles. The van der Waals surface area contributed by atoms with Gasteiger partial charge >= 0.3 is 5.97 Å². The number of nitrogens with zero attached hydrogens (tertiary/aromatic N) is 3. The van der Waals surface area contributed by atoms with Crippen molar-refractivity contribution in [3.63, 3.8) is 0 Å². The molecule has 0 radical (unpaired) electrons. The number of benzene rings is 1. The van der Waals surface area contributed by atoms with Gasteiger partial charge in [0, 0.05) is 17.6 Å². The summed E-state index contributed by atoms with van der Waals surface area (Å²) in [5, 5.41) is 3.70. The van der Waals surface area contributed by atoms with Gasteiger partial charge in [0.25, 0.3) is 5.91 Å². The maximum Gasteiger partial charge on any atom is 0.359 e. The normalized spacial score (nSPS) is 21.3. The van der Waals surface area contributed by atoms with Crippen LogP contribution in [0.5, 0.6) is 0 Å². The number of methoxy groups -OCH3 is 1. The molecule has 0 bridgehead atoms. The molecule has 9 heteroatoms. The fourth-order valence-electron chi connectivity index (χ4n) is 4.74. The number of carbonyl (C=O) groups is 3. The predicted molar refractivity (Wildman–Crippen MR) is 123 cm³/mol. The quantitative estimate of drug-likeness (QED) is 0.530. The van der Waals surface area contributed by atoms with Gasteiger partial charge in [-0.05, 0) is 31.4 Å². The van der Waals surface area contributed by atoms with Crippen molar-refractivity contribution in [1.29, 1.82) is 0 Å². The van der Waals surface area contributed by atoms with E-state index in [1.165, 1.54) is 31.2 Å². The molecule has 2 heterocycles. The second kappa shape index (κ2) is 9.55. The molecule has 33 heavy (non-hydrogen) atoms. The number of carbonyl (C=O) groups excluding carboxylic acids is 3. The van der Waals surface area contributed by atoms with Crippen LogP contribution in [0.15, 0.2) is 30.6 Å². The van der Waals surface area contributed by atoms with Crippen LogP contribution in [0, 0.1) is 0 Å². The molecule has 2 amide bonds. The van der Waals surface area contributed by atoms with Crippen molar-refractivity contribution in [3.8, 4) is 0 Å². The Balaban J connectivity index is 1.71. The third-order valence-electron chi connectivity index (χ3n) is 6.70. The molecule has 0 saturated heterocycles. The maximum absolute atomic E-state index is 13.7. The molecule has 8 nitrogen and oxygen atoms in total. The summed E-state index contributed by atoms with van der Waals surface area (Å²) in [4.78, 5) is 45.3. The molecule has 2 aliphatic rings. The molecule has 1 aliphatic heterocycles. The Morgan fingerprint density at radius 2 is 1.91 bits per heavy atom. The molecule has 1 N–H and O–H groups in total. The topological polar surface area (TPSA) is 93.5 Å². The molecule has 2 aromatic rings. The van der Waals surface area contributed by atoms with E-state index in [-0.39, 0.29) is 36.4 Å². The first-order valence-electron chi connectivity index (χ1n) is 11.3. The van der Waals surface area contributed by atoms with Crippen molar-refractivity contribution >= 4 is 29.4 Å². The van der Waals surface area contributed by atoms with E-state index in [1.54, 1.807) is 17.6 Å². The van der Waals surface area contributed by atoms with Crippen LogP contribution in [0.4, 0.5) is 0 Å². The first-order valence-corrected chi connectivity index (χ1v) is 11.7. The molecule has 1 unspecified atom stereocenters. The van der Waals surface area contributed by atoms with Gasteiger partial charge in [-0.3, -0.25) is 9.59 Å². The number of nitrogens with one attached hydrogen (secondary N) is 1. The molecule has 176 valence electrons. The SMILES string of the molecule is COC(=O)c1ncn2c1C(=O)N(Cc1ccccc1Cl)C(C)(C(=O)NC1CCCCCC1)C2. The Bertz CT molecular complexity index is 1060. The predicted octanol–water partition coefficient (Wildman–Crippen LogP) is 3.58. The number of ether oxygens (including phenoxy) is 1. The van der Waals surface area contributed by atoms with Crippen LogP contribution in [0.1, 0.15) is 72.0 Å². The van der Waals surface area contributed by atoms with Crippen molar-refractivity contribution in [2.75, 3.05) is 7.11 Å². The third-order valence-corrected chi connectivity index (χ3v) is 7.07. The van der Waals surface area contributed by atoms with E-state index in [0.717, 1.165) is 25.7 Å². The van der Waals surface area contributed by atoms with Crippen molar-refractivity contribution in [1.82, 2.24) is 19.8 Å². The monoisotopic (exact) mass is 472 g/mol. The zero-order valence-corrected chi connectivity index (χ0v) is 19.7. The van der Waals surface area contributed by atoms with Gasteiger partial charge in [0.1, 0.15) is 11.2 Å². The summed E-state index contributed by atoms with van der Waals surface area (Å²) in [6.07, 6.45) is 7.80. The summed E-state index contributed by atoms with van der Waals surface area (Å²) in [7, 11) is 1.24. The number of imidazole rings is 1. The Morgan fingerprint density at radius 1 is 1.21 bits per heavy atom. The number of hydrogen-bond donors (Lipinski definition) is 1. The van der Waals surface area contributed by atoms with Crippen molar-refractivity contribution < 1.29 is 19.1 Å². The fraction of sp³-hybridized carbons (Fsp3) is 0.500. The van der Waals surface area contributed by atoms with Crippen LogP contribution in [-0.2, 0) is 22.6 Å². The van der Waals surface area contributed by atoms with Crippen molar-refractivity contribution in [3.05, 3.63) is 52.6 Å². The number of rotatable bonds is 5. The number of fused-ring (bicyclic) bond motifs is 1. The summed E-state index contributed by atoms with van der Waals surface area (Å²) in [6, 6.07) is 7.31. The minimum Gasteiger partial charge on any atom is -0.464 e. The van der Waals surface area contributed by atoms with Gasteiger partial charge in [0.2, 0.25) is 5.91 Å². The standard InChI is InChI=1S/C24H29ClN4O4/c1-24(23(32)27-17-10-5-3-4-6-11-17)14-28-15-26-19(22(31)33-2)20(28)21(30)29(24)13-16-9-7-8-12-18(16)25/h7-9,12,15,17H,3-6,10-11,13-14H2,1-2H3,(H,27,32). The lowest BCUT2D eigenvalue weighted by atomic mass is 9.92. The second-order valence-electron chi connectivity index (χ2n) is 8.98. The first kappa shape index (κ1) is 23.3. The number of halogens is 1. The smallest absolute Gasteiger partial charge is 0.359 e. The first-order chi connectivity index (χ1) is 15.8. The van der Waals surface area contributed by atoms with E-state index in [1.807, 2.05) is 18.2 Å². The molecule has 4 rings (SSSR count). The van der Waals surface area contributed by atoms with Crippen LogP contribution in [0.3, 0.4) is 0 Å². The van der Waals surface area contributed by atoms with E-state index in [0.29, 0.717) is 10.6 Å². The number of aromatic nitrogens is 2. The molecule has 1 aromatic heterocycles. The van der Waals surface area contributed by atoms with Crippen molar-refractivity contribution in [2.45, 2.75) is 70.1 Å². The average molecular weight is 473 g/mol. The lowest BCUT2D eigenvalue weighted by Gasteiger charge is -2.44. The molecular formula is C24H29ClN4O4. The van der Waals surface area contributed by atoms with Crippen LogP contribution in [-0.4, -0.2) is 50.9 Å². The minimum absolute atomic E-state index is 0.0575. The van der Waals surface area contributed by atoms with E-state index in [9.17, 15) is 14.4 Å².